The molecule has 1 amide bonds. The highest BCUT2D eigenvalue weighted by Crippen LogP contribution is 2.35. The van der Waals surface area contributed by atoms with Gasteiger partial charge in [0.1, 0.15) is 5.75 Å². The number of aryl methyl sites for hydroxylation is 1. The molecule has 0 aromatic heterocycles. The number of methoxy groups -OCH3 is 1. The largest absolute Gasteiger partial charge is 0.497 e. The molecule has 4 nitrogen and oxygen atoms in total. The average molecular weight is 393 g/mol. The minimum absolute atomic E-state index is 0.0241. The van der Waals surface area contributed by atoms with Crippen molar-refractivity contribution in [3.63, 3.8) is 0 Å². The number of nitrogens with zero attached hydrogens (tertiary/aromatic N) is 1. The Labute approximate surface area is 174 Å². The lowest BCUT2D eigenvalue weighted by atomic mass is 9.82. The predicted molar refractivity (Wildman–Crippen MR) is 116 cm³/mol. The van der Waals surface area contributed by atoms with Crippen LogP contribution < -0.4 is 10.1 Å². The Bertz CT molecular complexity index is 816. The summed E-state index contributed by atoms with van der Waals surface area (Å²) in [5.41, 5.74) is 4.03. The van der Waals surface area contributed by atoms with Gasteiger partial charge in [-0.05, 0) is 74.8 Å². The van der Waals surface area contributed by atoms with E-state index in [-0.39, 0.29) is 11.9 Å². The van der Waals surface area contributed by atoms with E-state index in [1.807, 2.05) is 0 Å². The lowest BCUT2D eigenvalue weighted by molar-refractivity contribution is -0.130. The quantitative estimate of drug-likeness (QED) is 0.834. The van der Waals surface area contributed by atoms with Crippen molar-refractivity contribution >= 4 is 5.91 Å². The Kier molecular flexibility index (Phi) is 6.19. The van der Waals surface area contributed by atoms with Crippen LogP contribution in [0, 0.1) is 6.92 Å². The van der Waals surface area contributed by atoms with E-state index in [9.17, 15) is 4.79 Å². The van der Waals surface area contributed by atoms with E-state index in [0.717, 1.165) is 50.9 Å². The van der Waals surface area contributed by atoms with Gasteiger partial charge in [-0.15, -0.1) is 0 Å². The van der Waals surface area contributed by atoms with Gasteiger partial charge in [0.25, 0.3) is 0 Å². The molecule has 0 saturated carbocycles. The third-order valence-corrected chi connectivity index (χ3v) is 6.60. The van der Waals surface area contributed by atoms with Crippen molar-refractivity contribution in [2.24, 2.45) is 0 Å². The first-order chi connectivity index (χ1) is 14.1. The van der Waals surface area contributed by atoms with Crippen LogP contribution in [-0.2, 0) is 11.2 Å². The number of hydrogen-bond donors (Lipinski definition) is 1. The molecule has 1 N–H and O–H groups in total. The van der Waals surface area contributed by atoms with Gasteiger partial charge < -0.3 is 10.1 Å². The monoisotopic (exact) mass is 392 g/mol. The molecule has 3 atom stereocenters. The predicted octanol–water partition coefficient (Wildman–Crippen LogP) is 4.07. The average Bonchev–Trinajstić information content (AvgIpc) is 2.76. The van der Waals surface area contributed by atoms with Crippen molar-refractivity contribution in [1.29, 1.82) is 0 Å². The maximum Gasteiger partial charge on any atom is 0.237 e. The van der Waals surface area contributed by atoms with Gasteiger partial charge in [-0.2, -0.15) is 0 Å². The maximum absolute atomic E-state index is 12.6. The highest BCUT2D eigenvalue weighted by atomic mass is 16.5. The van der Waals surface area contributed by atoms with Crippen molar-refractivity contribution in [3.05, 3.63) is 65.2 Å². The molecule has 4 rings (SSSR count). The molecule has 2 aromatic rings. The smallest absolute Gasteiger partial charge is 0.237 e. The van der Waals surface area contributed by atoms with Crippen LogP contribution in [0.4, 0.5) is 0 Å². The van der Waals surface area contributed by atoms with E-state index >= 15 is 0 Å². The van der Waals surface area contributed by atoms with E-state index in [1.165, 1.54) is 16.7 Å². The molecule has 2 aliphatic heterocycles. The summed E-state index contributed by atoms with van der Waals surface area (Å²) in [5.74, 6) is 1.65. The number of piperidine rings is 2. The van der Waals surface area contributed by atoms with Crippen molar-refractivity contribution in [3.8, 4) is 5.75 Å². The van der Waals surface area contributed by atoms with Gasteiger partial charge in [-0.25, -0.2) is 0 Å². The number of carbonyl (C=O) groups is 1. The van der Waals surface area contributed by atoms with Crippen LogP contribution >= 0.6 is 0 Å². The Hall–Kier alpha value is -2.33. The van der Waals surface area contributed by atoms with Crippen molar-refractivity contribution in [2.45, 2.75) is 57.0 Å². The summed E-state index contributed by atoms with van der Waals surface area (Å²) in [7, 11) is 1.71. The standard InChI is InChI=1S/C25H32N2O2/c1-18-5-7-19(8-6-18)16-22-17-21(20-9-11-23(29-2)12-10-20)13-15-27(22)24-4-3-14-26-25(24)28/h5-12,21-22,24H,3-4,13-17H2,1-2H3,(H,26,28). The van der Waals surface area contributed by atoms with E-state index in [1.54, 1.807) is 7.11 Å². The molecule has 2 saturated heterocycles. The molecule has 0 radical (unpaired) electrons. The van der Waals surface area contributed by atoms with E-state index in [2.05, 4.69) is 65.7 Å². The van der Waals surface area contributed by atoms with Gasteiger partial charge in [0, 0.05) is 12.6 Å². The van der Waals surface area contributed by atoms with Crippen molar-refractivity contribution in [2.75, 3.05) is 20.2 Å². The van der Waals surface area contributed by atoms with E-state index < -0.39 is 0 Å². The number of amides is 1. The number of likely N-dealkylation sites (tertiary alicyclic amines) is 1. The fourth-order valence-corrected chi connectivity index (χ4v) is 4.93. The minimum Gasteiger partial charge on any atom is -0.497 e. The molecule has 0 bridgehead atoms. The summed E-state index contributed by atoms with van der Waals surface area (Å²) in [6, 6.07) is 17.8. The molecule has 2 heterocycles. The second-order valence-electron chi connectivity index (χ2n) is 8.52. The molecule has 2 fully saturated rings. The summed E-state index contributed by atoms with van der Waals surface area (Å²) in [5, 5.41) is 3.08. The first-order valence-corrected chi connectivity index (χ1v) is 10.9. The molecule has 0 spiro atoms. The number of benzene rings is 2. The first kappa shape index (κ1) is 20.0. The molecule has 29 heavy (non-hydrogen) atoms. The molecular weight excluding hydrogens is 360 g/mol. The molecule has 4 heteroatoms. The van der Waals surface area contributed by atoms with Crippen molar-refractivity contribution in [1.82, 2.24) is 10.2 Å². The van der Waals surface area contributed by atoms with Crippen LogP contribution in [0.25, 0.3) is 0 Å². The summed E-state index contributed by atoms with van der Waals surface area (Å²) < 4.78 is 5.32. The van der Waals surface area contributed by atoms with Crippen LogP contribution in [0.1, 0.15) is 48.3 Å². The lowest BCUT2D eigenvalue weighted by Crippen LogP contribution is -2.56. The molecule has 154 valence electrons. The lowest BCUT2D eigenvalue weighted by Gasteiger charge is -2.44. The van der Waals surface area contributed by atoms with Crippen molar-refractivity contribution < 1.29 is 9.53 Å². The second kappa shape index (κ2) is 9.00. The number of rotatable bonds is 5. The minimum atomic E-state index is 0.0241. The first-order valence-electron chi connectivity index (χ1n) is 10.9. The van der Waals surface area contributed by atoms with E-state index in [4.69, 9.17) is 4.74 Å². The van der Waals surface area contributed by atoms with Crippen LogP contribution in [-0.4, -0.2) is 43.1 Å². The van der Waals surface area contributed by atoms with Gasteiger partial charge >= 0.3 is 0 Å². The highest BCUT2D eigenvalue weighted by Gasteiger charge is 2.37. The van der Waals surface area contributed by atoms with E-state index in [0.29, 0.717) is 12.0 Å². The summed E-state index contributed by atoms with van der Waals surface area (Å²) >= 11 is 0. The molecule has 3 unspecified atom stereocenters. The Morgan fingerprint density at radius 2 is 1.83 bits per heavy atom. The van der Waals surface area contributed by atoms with Gasteiger partial charge in [-0.3, -0.25) is 9.69 Å². The van der Waals surface area contributed by atoms with Crippen LogP contribution in [0.15, 0.2) is 48.5 Å². The highest BCUT2D eigenvalue weighted by molar-refractivity contribution is 5.82. The van der Waals surface area contributed by atoms with Gasteiger partial charge in [0.05, 0.1) is 13.2 Å². The van der Waals surface area contributed by atoms with Gasteiger partial charge in [-0.1, -0.05) is 42.0 Å². The number of carbonyl (C=O) groups excluding carboxylic acids is 1. The molecular formula is C25H32N2O2. The Balaban J connectivity index is 1.55. The zero-order chi connectivity index (χ0) is 20.2. The zero-order valence-corrected chi connectivity index (χ0v) is 17.6. The SMILES string of the molecule is COc1ccc(C2CCN(C3CCCNC3=O)C(Cc3ccc(C)cc3)C2)cc1. The number of nitrogens with one attached hydrogen (secondary N) is 1. The third kappa shape index (κ3) is 4.64. The number of hydrogen-bond acceptors (Lipinski definition) is 3. The maximum atomic E-state index is 12.6. The third-order valence-electron chi connectivity index (χ3n) is 6.60. The Morgan fingerprint density at radius 3 is 2.52 bits per heavy atom. The summed E-state index contributed by atoms with van der Waals surface area (Å²) in [6.45, 7) is 3.92. The van der Waals surface area contributed by atoms with Gasteiger partial charge in [0.2, 0.25) is 5.91 Å². The second-order valence-corrected chi connectivity index (χ2v) is 8.52. The fourth-order valence-electron chi connectivity index (χ4n) is 4.93. The summed E-state index contributed by atoms with van der Waals surface area (Å²) in [6.07, 6.45) is 5.23. The van der Waals surface area contributed by atoms with Crippen LogP contribution in [0.5, 0.6) is 5.75 Å². The fraction of sp³-hybridized carbons (Fsp3) is 0.480. The summed E-state index contributed by atoms with van der Waals surface area (Å²) in [4.78, 5) is 15.1. The molecule has 2 aliphatic rings. The van der Waals surface area contributed by atoms with Crippen LogP contribution in [0.2, 0.25) is 0 Å². The van der Waals surface area contributed by atoms with Crippen LogP contribution in [0.3, 0.4) is 0 Å². The zero-order valence-electron chi connectivity index (χ0n) is 17.6. The molecule has 2 aromatic carbocycles. The number of ether oxygens (including phenoxy) is 1. The van der Waals surface area contributed by atoms with Gasteiger partial charge in [0.15, 0.2) is 0 Å². The molecule has 0 aliphatic carbocycles. The normalized spacial score (nSPS) is 25.4. The Morgan fingerprint density at radius 1 is 1.07 bits per heavy atom. The topological polar surface area (TPSA) is 41.6 Å².